The Bertz CT molecular complexity index is 850. The van der Waals surface area contributed by atoms with Crippen LogP contribution in [0.25, 0.3) is 0 Å². The fourth-order valence-electron chi connectivity index (χ4n) is 3.66. The number of hydrogen-bond donors (Lipinski definition) is 6. The molecule has 6 heteroatoms. The van der Waals surface area contributed by atoms with E-state index in [9.17, 15) is 30.6 Å². The van der Waals surface area contributed by atoms with E-state index in [2.05, 4.69) is 35.5 Å². The molecule has 4 atom stereocenters. The van der Waals surface area contributed by atoms with Crippen molar-refractivity contribution in [2.75, 3.05) is 6.61 Å². The summed E-state index contributed by atoms with van der Waals surface area (Å²) in [5, 5.41) is 66.9. The minimum absolute atomic E-state index is 0.610. The molecule has 0 bridgehead atoms. The molecule has 0 rings (SSSR count). The Morgan fingerprint density at radius 1 is 0.433 bits per heavy atom. The highest BCUT2D eigenvalue weighted by molar-refractivity contribution is 5.32. The van der Waals surface area contributed by atoms with E-state index in [4.69, 9.17) is 38.5 Å². The maximum absolute atomic E-state index is 11.7. The monoisotopic (exact) mass is 410 g/mol. The van der Waals surface area contributed by atoms with Crippen LogP contribution >= 0.6 is 0 Å². The Labute approximate surface area is 178 Å². The molecule has 0 aliphatic carbocycles. The third-order valence-corrected chi connectivity index (χ3v) is 5.43. The minimum Gasteiger partial charge on any atom is -0.393 e. The maximum atomic E-state index is 11.7. The molecule has 0 saturated heterocycles. The van der Waals surface area contributed by atoms with E-state index < -0.39 is 73.1 Å². The molecule has 0 fully saturated rings. The van der Waals surface area contributed by atoms with Crippen LogP contribution in [-0.2, 0) is 0 Å². The van der Waals surface area contributed by atoms with Crippen molar-refractivity contribution >= 4 is 0 Å². The molecule has 6 nitrogen and oxygen atoms in total. The number of aliphatic hydroxyl groups excluding tert-OH is 1. The Morgan fingerprint density at radius 3 is 1.00 bits per heavy atom. The molecule has 0 aromatic rings. The Morgan fingerprint density at radius 2 is 0.700 bits per heavy atom. The maximum Gasteiger partial charge on any atom is 0.140 e. The molecule has 0 unspecified atom stereocenters. The zero-order valence-corrected chi connectivity index (χ0v) is 16.6. The van der Waals surface area contributed by atoms with Gasteiger partial charge in [-0.1, -0.05) is 0 Å². The predicted octanol–water partition coefficient (Wildman–Crippen LogP) is -1.23. The highest BCUT2D eigenvalue weighted by Crippen LogP contribution is 2.52. The van der Waals surface area contributed by atoms with Crippen LogP contribution in [0.5, 0.6) is 0 Å². The van der Waals surface area contributed by atoms with Gasteiger partial charge in [-0.25, -0.2) is 0 Å². The van der Waals surface area contributed by atoms with Gasteiger partial charge in [0.05, 0.1) is 6.61 Å². The van der Waals surface area contributed by atoms with E-state index in [0.717, 1.165) is 0 Å². The lowest BCUT2D eigenvalue weighted by atomic mass is 9.54. The summed E-state index contributed by atoms with van der Waals surface area (Å²) in [6.07, 6.45) is 27.5. The Kier molecular flexibility index (Phi) is 9.26. The molecule has 0 amide bonds. The lowest BCUT2D eigenvalue weighted by Crippen LogP contribution is -2.81. The molecule has 0 saturated carbocycles. The van der Waals surface area contributed by atoms with E-state index in [-0.39, 0.29) is 0 Å². The zero-order valence-electron chi connectivity index (χ0n) is 16.6. The molecule has 0 aliphatic heterocycles. The Balaban J connectivity index is 7.48. The van der Waals surface area contributed by atoms with Gasteiger partial charge in [0.15, 0.2) is 0 Å². The van der Waals surface area contributed by atoms with Gasteiger partial charge in [-0.2, -0.15) is 0 Å². The first-order valence-corrected chi connectivity index (χ1v) is 8.76. The van der Waals surface area contributed by atoms with Gasteiger partial charge in [0, 0.05) is 38.5 Å². The third kappa shape index (κ3) is 4.04. The van der Waals surface area contributed by atoms with Crippen molar-refractivity contribution in [3.8, 4) is 74.1 Å². The molecule has 30 heavy (non-hydrogen) atoms. The summed E-state index contributed by atoms with van der Waals surface area (Å²) in [4.78, 5) is 0. The molecule has 158 valence electrons. The van der Waals surface area contributed by atoms with E-state index in [1.54, 1.807) is 0 Å². The molecular formula is C24H26O6. The molecule has 6 N–H and O–H groups in total. The Hall–Kier alpha value is -2.88. The molecule has 0 aliphatic rings. The van der Waals surface area contributed by atoms with E-state index >= 15 is 0 Å². The average molecular weight is 410 g/mol. The van der Waals surface area contributed by atoms with E-state index in [0.29, 0.717) is 0 Å². The zero-order chi connectivity index (χ0) is 23.7. The first-order chi connectivity index (χ1) is 13.9. The van der Waals surface area contributed by atoms with Crippen molar-refractivity contribution in [3.63, 3.8) is 0 Å². The normalized spacial score (nSPS) is 18.8. The summed E-state index contributed by atoms with van der Waals surface area (Å²) in [6.45, 7) is -1.18. The van der Waals surface area contributed by atoms with Gasteiger partial charge in [-0.15, -0.1) is 74.1 Å². The van der Waals surface area contributed by atoms with Crippen molar-refractivity contribution in [1.29, 1.82) is 0 Å². The van der Waals surface area contributed by atoms with Crippen molar-refractivity contribution in [2.24, 2.45) is 0 Å². The van der Waals surface area contributed by atoms with Gasteiger partial charge in [-0.05, 0) is 0 Å². The predicted molar refractivity (Wildman–Crippen MR) is 113 cm³/mol. The summed E-state index contributed by atoms with van der Waals surface area (Å²) in [7, 11) is 0. The molecule has 0 heterocycles. The summed E-state index contributed by atoms with van der Waals surface area (Å²) in [5.74, 6) is 12.5. The van der Waals surface area contributed by atoms with Gasteiger partial charge in [0.25, 0.3) is 0 Å². The summed E-state index contributed by atoms with van der Waals surface area (Å²) < 4.78 is 0. The van der Waals surface area contributed by atoms with Crippen molar-refractivity contribution in [3.05, 3.63) is 0 Å². The summed E-state index contributed by atoms with van der Waals surface area (Å²) in [6, 6.07) is 0. The van der Waals surface area contributed by atoms with Crippen LogP contribution in [0, 0.1) is 74.1 Å². The van der Waals surface area contributed by atoms with Gasteiger partial charge in [0.2, 0.25) is 0 Å². The van der Waals surface area contributed by atoms with Crippen molar-refractivity contribution in [2.45, 2.75) is 66.5 Å². The number of rotatable bonds is 11. The van der Waals surface area contributed by atoms with Crippen LogP contribution < -0.4 is 0 Å². The number of terminal acetylenes is 6. The van der Waals surface area contributed by atoms with Gasteiger partial charge < -0.3 is 30.6 Å². The topological polar surface area (TPSA) is 121 Å². The number of aliphatic hydroxyl groups is 6. The largest absolute Gasteiger partial charge is 0.393 e. The minimum atomic E-state index is -3.02. The van der Waals surface area contributed by atoms with Crippen LogP contribution in [0.15, 0.2) is 0 Å². The van der Waals surface area contributed by atoms with E-state index in [1.807, 2.05) is 0 Å². The highest BCUT2D eigenvalue weighted by atomic mass is 16.4. The SMILES string of the molecule is C#CCC(O)(CC#C)[C@@](O)(CC#C)[C@](O)(CC#C)[C@@](O)(CC#C)[C@](O)(CO)CC#C. The van der Waals surface area contributed by atoms with Crippen LogP contribution in [0.2, 0.25) is 0 Å². The lowest BCUT2D eigenvalue weighted by Gasteiger charge is -2.59. The van der Waals surface area contributed by atoms with Crippen molar-refractivity contribution in [1.82, 2.24) is 0 Å². The second-order valence-electron chi connectivity index (χ2n) is 7.09. The lowest BCUT2D eigenvalue weighted by molar-refractivity contribution is -0.333. The van der Waals surface area contributed by atoms with Gasteiger partial charge in [-0.3, -0.25) is 0 Å². The molecule has 0 radical (unpaired) electrons. The number of hydrogen-bond acceptors (Lipinski definition) is 6. The molecule has 0 aromatic heterocycles. The highest BCUT2D eigenvalue weighted by Gasteiger charge is 2.73. The van der Waals surface area contributed by atoms with Gasteiger partial charge >= 0.3 is 0 Å². The van der Waals surface area contributed by atoms with Crippen molar-refractivity contribution < 1.29 is 30.6 Å². The van der Waals surface area contributed by atoms with Crippen LogP contribution in [0.1, 0.15) is 38.5 Å². The van der Waals surface area contributed by atoms with Crippen LogP contribution in [0.4, 0.5) is 0 Å². The summed E-state index contributed by atoms with van der Waals surface area (Å²) in [5.41, 5.74) is -14.0. The smallest absolute Gasteiger partial charge is 0.140 e. The second-order valence-corrected chi connectivity index (χ2v) is 7.09. The van der Waals surface area contributed by atoms with E-state index in [1.165, 1.54) is 0 Å². The van der Waals surface area contributed by atoms with Crippen LogP contribution in [-0.4, -0.2) is 65.3 Å². The quantitative estimate of drug-likeness (QED) is 0.237. The third-order valence-electron chi connectivity index (χ3n) is 5.43. The molecular weight excluding hydrogens is 384 g/mol. The standard InChI is InChI=1S/C24H26O6/c1-7-13-20(26,14-8-2)22(28,16-10-4)24(30,18-12-6)23(29,17-11-5)21(27,19-25)15-9-3/h1-6,25-30H,13-19H2/t21-,22+,23-,24-/m1/s1. The first-order valence-electron chi connectivity index (χ1n) is 8.76. The fraction of sp³-hybridized carbons (Fsp3) is 0.500. The molecule has 0 aromatic carbocycles. The first kappa shape index (κ1) is 27.1. The summed E-state index contributed by atoms with van der Waals surface area (Å²) >= 11 is 0. The fourth-order valence-corrected chi connectivity index (χ4v) is 3.66. The van der Waals surface area contributed by atoms with Crippen LogP contribution in [0.3, 0.4) is 0 Å². The molecule has 0 spiro atoms. The van der Waals surface area contributed by atoms with Gasteiger partial charge in [0.1, 0.15) is 28.0 Å². The average Bonchev–Trinajstić information content (AvgIpc) is 2.68. The second kappa shape index (κ2) is 10.2.